The third kappa shape index (κ3) is 5.19. The summed E-state index contributed by atoms with van der Waals surface area (Å²) in [6.07, 6.45) is 1.43. The Bertz CT molecular complexity index is 635. The summed E-state index contributed by atoms with van der Waals surface area (Å²) in [5.74, 6) is 0.255. The second-order valence-corrected chi connectivity index (χ2v) is 7.73. The lowest BCUT2D eigenvalue weighted by Crippen LogP contribution is -2.49. The minimum absolute atomic E-state index is 0.0289. The molecule has 1 saturated heterocycles. The average Bonchev–Trinajstić information content (AvgIpc) is 2.82. The number of hydrogen-bond donors (Lipinski definition) is 2. The molecule has 0 radical (unpaired) electrons. The van der Waals surface area contributed by atoms with E-state index in [4.69, 9.17) is 4.74 Å². The van der Waals surface area contributed by atoms with E-state index < -0.39 is 16.1 Å². The molecule has 23 heavy (non-hydrogen) atoms. The summed E-state index contributed by atoms with van der Waals surface area (Å²) in [4.78, 5) is 11.7. The lowest BCUT2D eigenvalue weighted by molar-refractivity contribution is -0.0440. The number of urea groups is 1. The van der Waals surface area contributed by atoms with Crippen molar-refractivity contribution >= 4 is 21.9 Å². The molecule has 0 saturated carbocycles. The molecule has 9 nitrogen and oxygen atoms in total. The molecule has 2 N–H and O–H groups in total. The molecule has 0 aliphatic carbocycles. The summed E-state index contributed by atoms with van der Waals surface area (Å²) in [6, 6.07) is 1.16. The van der Waals surface area contributed by atoms with Gasteiger partial charge in [-0.2, -0.15) is 9.40 Å². The van der Waals surface area contributed by atoms with E-state index in [-0.39, 0.29) is 24.5 Å². The number of amides is 2. The van der Waals surface area contributed by atoms with Gasteiger partial charge in [-0.3, -0.25) is 10.00 Å². The van der Waals surface area contributed by atoms with Crippen molar-refractivity contribution in [2.75, 3.05) is 30.7 Å². The molecule has 1 aromatic rings. The van der Waals surface area contributed by atoms with Crippen molar-refractivity contribution < 1.29 is 17.9 Å². The first-order valence-corrected chi connectivity index (χ1v) is 9.05. The summed E-state index contributed by atoms with van der Waals surface area (Å²) in [7, 11) is -1.69. The number of sulfonamides is 1. The molecule has 0 spiro atoms. The molecule has 0 aromatic carbocycles. The Morgan fingerprint density at radius 2 is 2.04 bits per heavy atom. The first-order valence-electron chi connectivity index (χ1n) is 7.44. The zero-order valence-corrected chi connectivity index (χ0v) is 14.3. The van der Waals surface area contributed by atoms with Crippen LogP contribution in [-0.4, -0.2) is 66.1 Å². The number of carbonyl (C=O) groups is 1. The van der Waals surface area contributed by atoms with Gasteiger partial charge in [0.15, 0.2) is 5.82 Å². The van der Waals surface area contributed by atoms with E-state index in [2.05, 4.69) is 15.7 Å². The Hall–Kier alpha value is -1.65. The van der Waals surface area contributed by atoms with Crippen molar-refractivity contribution in [1.82, 2.24) is 19.4 Å². The van der Waals surface area contributed by atoms with E-state index in [9.17, 15) is 13.2 Å². The van der Waals surface area contributed by atoms with E-state index in [0.717, 1.165) is 0 Å². The lowest BCUT2D eigenvalue weighted by atomic mass is 10.3. The number of aromatic nitrogens is 2. The maximum atomic E-state index is 12.3. The maximum Gasteiger partial charge on any atom is 0.320 e. The summed E-state index contributed by atoms with van der Waals surface area (Å²) in [5.41, 5.74) is 0. The maximum absolute atomic E-state index is 12.3. The Morgan fingerprint density at radius 3 is 2.61 bits per heavy atom. The molecular formula is C13H23N5O4S. The second-order valence-electron chi connectivity index (χ2n) is 5.65. The van der Waals surface area contributed by atoms with Crippen molar-refractivity contribution in [3.8, 4) is 0 Å². The number of aryl methyl sites for hydroxylation is 1. The summed E-state index contributed by atoms with van der Waals surface area (Å²) < 4.78 is 33.1. The topological polar surface area (TPSA) is 106 Å². The molecule has 0 bridgehead atoms. The van der Waals surface area contributed by atoms with E-state index in [1.165, 1.54) is 4.31 Å². The Morgan fingerprint density at radius 1 is 1.39 bits per heavy atom. The van der Waals surface area contributed by atoms with Gasteiger partial charge in [-0.25, -0.2) is 13.2 Å². The Balaban J connectivity index is 1.79. The summed E-state index contributed by atoms with van der Waals surface area (Å²) in [6.45, 7) is 4.40. The molecule has 2 atom stereocenters. The number of nitrogens with zero attached hydrogens (tertiary/aromatic N) is 3. The quantitative estimate of drug-likeness (QED) is 0.780. The number of ether oxygens (including phenoxy) is 1. The van der Waals surface area contributed by atoms with Crippen molar-refractivity contribution in [3.63, 3.8) is 0 Å². The van der Waals surface area contributed by atoms with E-state index in [1.807, 2.05) is 13.8 Å². The van der Waals surface area contributed by atoms with Crippen molar-refractivity contribution in [3.05, 3.63) is 12.3 Å². The number of hydrogen-bond acceptors (Lipinski definition) is 5. The van der Waals surface area contributed by atoms with Gasteiger partial charge in [-0.15, -0.1) is 0 Å². The standard InChI is InChI=1S/C13H23N5O4S/c1-10-8-18(9-11(2)22-10)23(20,21)7-5-14-13(19)15-12-4-6-17(3)16-12/h4,6,10-11H,5,7-9H2,1-3H3,(H2,14,15,16,19). The first-order chi connectivity index (χ1) is 10.8. The van der Waals surface area contributed by atoms with E-state index >= 15 is 0 Å². The van der Waals surface area contributed by atoms with Gasteiger partial charge < -0.3 is 10.1 Å². The molecule has 2 heterocycles. The summed E-state index contributed by atoms with van der Waals surface area (Å²) in [5, 5.41) is 9.06. The van der Waals surface area contributed by atoms with Gasteiger partial charge in [0.25, 0.3) is 0 Å². The molecule has 2 rings (SSSR count). The van der Waals surface area contributed by atoms with Crippen LogP contribution in [-0.2, 0) is 21.8 Å². The van der Waals surface area contributed by atoms with Crippen LogP contribution >= 0.6 is 0 Å². The van der Waals surface area contributed by atoms with Gasteiger partial charge >= 0.3 is 6.03 Å². The zero-order chi connectivity index (χ0) is 17.0. The smallest absolute Gasteiger partial charge is 0.320 e. The highest BCUT2D eigenvalue weighted by Crippen LogP contribution is 2.14. The monoisotopic (exact) mass is 345 g/mol. The molecule has 2 amide bonds. The van der Waals surface area contributed by atoms with Crippen LogP contribution in [0, 0.1) is 0 Å². The predicted molar refractivity (Wildman–Crippen MR) is 85.6 cm³/mol. The molecule has 1 fully saturated rings. The van der Waals surface area contributed by atoms with Crippen LogP contribution in [0.3, 0.4) is 0 Å². The van der Waals surface area contributed by atoms with Crippen LogP contribution in [0.1, 0.15) is 13.8 Å². The third-order valence-corrected chi connectivity index (χ3v) is 5.19. The number of morpholine rings is 1. The fourth-order valence-electron chi connectivity index (χ4n) is 2.42. The average molecular weight is 345 g/mol. The normalized spacial score (nSPS) is 22.7. The number of carbonyl (C=O) groups excluding carboxylic acids is 1. The van der Waals surface area contributed by atoms with Crippen LogP contribution < -0.4 is 10.6 Å². The summed E-state index contributed by atoms with van der Waals surface area (Å²) >= 11 is 0. The highest BCUT2D eigenvalue weighted by atomic mass is 32.2. The van der Waals surface area contributed by atoms with Gasteiger partial charge in [-0.1, -0.05) is 0 Å². The van der Waals surface area contributed by atoms with Gasteiger partial charge in [0, 0.05) is 38.9 Å². The van der Waals surface area contributed by atoms with Gasteiger partial charge in [0.2, 0.25) is 10.0 Å². The minimum atomic E-state index is -3.42. The largest absolute Gasteiger partial charge is 0.373 e. The first kappa shape index (κ1) is 17.7. The minimum Gasteiger partial charge on any atom is -0.373 e. The van der Waals surface area contributed by atoms with E-state index in [1.54, 1.807) is 24.0 Å². The SMILES string of the molecule is CC1CN(S(=O)(=O)CCNC(=O)Nc2ccn(C)n2)CC(C)O1. The Labute approximate surface area is 136 Å². The molecule has 130 valence electrons. The van der Waals surface area contributed by atoms with Crippen molar-refractivity contribution in [1.29, 1.82) is 0 Å². The van der Waals surface area contributed by atoms with Crippen LogP contribution in [0.25, 0.3) is 0 Å². The second kappa shape index (κ2) is 7.28. The number of anilines is 1. The number of nitrogens with one attached hydrogen (secondary N) is 2. The van der Waals surface area contributed by atoms with Crippen LogP contribution in [0.5, 0.6) is 0 Å². The lowest BCUT2D eigenvalue weighted by Gasteiger charge is -2.34. The fourth-order valence-corrected chi connectivity index (χ4v) is 3.92. The highest BCUT2D eigenvalue weighted by molar-refractivity contribution is 7.89. The fraction of sp³-hybridized carbons (Fsp3) is 0.692. The number of rotatable bonds is 5. The molecule has 1 aliphatic rings. The zero-order valence-electron chi connectivity index (χ0n) is 13.5. The van der Waals surface area contributed by atoms with Gasteiger partial charge in [0.05, 0.1) is 18.0 Å². The predicted octanol–water partition coefficient (Wildman–Crippen LogP) is -0.0194. The van der Waals surface area contributed by atoms with E-state index in [0.29, 0.717) is 18.9 Å². The molecule has 1 aromatic heterocycles. The highest BCUT2D eigenvalue weighted by Gasteiger charge is 2.30. The Kier molecular flexibility index (Phi) is 5.60. The van der Waals surface area contributed by atoms with Crippen LogP contribution in [0.4, 0.5) is 10.6 Å². The molecule has 10 heteroatoms. The van der Waals surface area contributed by atoms with Crippen molar-refractivity contribution in [2.24, 2.45) is 7.05 Å². The molecule has 2 unspecified atom stereocenters. The molecule has 1 aliphatic heterocycles. The van der Waals surface area contributed by atoms with Crippen LogP contribution in [0.2, 0.25) is 0 Å². The van der Waals surface area contributed by atoms with Crippen LogP contribution in [0.15, 0.2) is 12.3 Å². The van der Waals surface area contributed by atoms with Gasteiger partial charge in [-0.05, 0) is 13.8 Å². The molecular weight excluding hydrogens is 322 g/mol. The third-order valence-electron chi connectivity index (χ3n) is 3.38. The van der Waals surface area contributed by atoms with Gasteiger partial charge in [0.1, 0.15) is 0 Å². The van der Waals surface area contributed by atoms with Crippen molar-refractivity contribution in [2.45, 2.75) is 26.1 Å².